The topological polar surface area (TPSA) is 9.23 Å². The molecule has 1 nitrogen and oxygen atoms in total. The largest absolute Gasteiger partial charge is 0.377 e. The summed E-state index contributed by atoms with van der Waals surface area (Å²) < 4.78 is 5.33. The molecule has 0 aliphatic rings. The maximum absolute atomic E-state index is 5.33. The fraction of sp³-hybridized carbons (Fsp3) is 0.333. The van der Waals surface area contributed by atoms with E-state index in [1.165, 1.54) is 11.1 Å². The van der Waals surface area contributed by atoms with E-state index < -0.39 is 0 Å². The Kier molecular flexibility index (Phi) is 4.27. The minimum atomic E-state index is 0.710. The summed E-state index contributed by atoms with van der Waals surface area (Å²) in [5.74, 6) is 0. The fourth-order valence-electron chi connectivity index (χ4n) is 1.20. The van der Waals surface area contributed by atoms with Crippen LogP contribution in [0.2, 0.25) is 0 Å². The molecule has 0 atom stereocenters. The van der Waals surface area contributed by atoms with Crippen molar-refractivity contribution >= 4 is 6.08 Å². The number of benzene rings is 1. The van der Waals surface area contributed by atoms with Crippen molar-refractivity contribution in [1.82, 2.24) is 0 Å². The summed E-state index contributed by atoms with van der Waals surface area (Å²) in [6.45, 7) is 5.51. The van der Waals surface area contributed by atoms with Crippen molar-refractivity contribution in [2.24, 2.45) is 0 Å². The van der Waals surface area contributed by atoms with Crippen LogP contribution < -0.4 is 0 Å². The van der Waals surface area contributed by atoms with Crippen LogP contribution in [0.3, 0.4) is 0 Å². The molecule has 0 aromatic heterocycles. The molecule has 0 fully saturated rings. The molecule has 70 valence electrons. The maximum atomic E-state index is 5.33. The van der Waals surface area contributed by atoms with Gasteiger partial charge in [-0.25, -0.2) is 0 Å². The fourth-order valence-corrected chi connectivity index (χ4v) is 1.20. The molecule has 0 spiro atoms. The summed E-state index contributed by atoms with van der Waals surface area (Å²) >= 11 is 0. The zero-order chi connectivity index (χ0) is 9.52. The van der Waals surface area contributed by atoms with Crippen LogP contribution in [0.1, 0.15) is 25.0 Å². The van der Waals surface area contributed by atoms with Crippen molar-refractivity contribution in [3.63, 3.8) is 0 Å². The van der Waals surface area contributed by atoms with Gasteiger partial charge in [0.2, 0.25) is 0 Å². The first-order valence-corrected chi connectivity index (χ1v) is 4.66. The molecule has 0 saturated carbocycles. The lowest BCUT2D eigenvalue weighted by Gasteiger charge is -2.02. The van der Waals surface area contributed by atoms with Crippen LogP contribution in [0.5, 0.6) is 0 Å². The van der Waals surface area contributed by atoms with E-state index in [-0.39, 0.29) is 0 Å². The third kappa shape index (κ3) is 3.43. The second kappa shape index (κ2) is 5.55. The minimum Gasteiger partial charge on any atom is -0.377 e. The van der Waals surface area contributed by atoms with Crippen molar-refractivity contribution in [3.05, 3.63) is 41.5 Å². The molecular formula is C12H16O. The molecule has 0 unspecified atom stereocenters. The molecule has 0 aliphatic carbocycles. The summed E-state index contributed by atoms with van der Waals surface area (Å²) in [7, 11) is 0. The smallest absolute Gasteiger partial charge is 0.0716 e. The van der Waals surface area contributed by atoms with E-state index in [0.717, 1.165) is 6.61 Å². The Morgan fingerprint density at radius 1 is 1.38 bits per heavy atom. The van der Waals surface area contributed by atoms with Crippen molar-refractivity contribution in [2.75, 3.05) is 6.61 Å². The summed E-state index contributed by atoms with van der Waals surface area (Å²) in [5.41, 5.74) is 2.47. The highest BCUT2D eigenvalue weighted by Crippen LogP contribution is 2.08. The normalized spacial score (nSPS) is 10.9. The SMILES string of the molecule is C/C=C/c1cccc(COCC)c1. The van der Waals surface area contributed by atoms with Crippen LogP contribution >= 0.6 is 0 Å². The third-order valence-corrected chi connectivity index (χ3v) is 1.78. The predicted molar refractivity (Wildman–Crippen MR) is 56.5 cm³/mol. The second-order valence-electron chi connectivity index (χ2n) is 2.88. The molecule has 1 aromatic carbocycles. The molecule has 1 heteroatoms. The van der Waals surface area contributed by atoms with Gasteiger partial charge in [0.1, 0.15) is 0 Å². The molecule has 0 bridgehead atoms. The highest BCUT2D eigenvalue weighted by molar-refractivity contribution is 5.49. The highest BCUT2D eigenvalue weighted by atomic mass is 16.5. The Balaban J connectivity index is 2.67. The molecule has 0 radical (unpaired) electrons. The van der Waals surface area contributed by atoms with Gasteiger partial charge in [-0.3, -0.25) is 0 Å². The van der Waals surface area contributed by atoms with E-state index in [4.69, 9.17) is 4.74 Å². The first kappa shape index (κ1) is 10.0. The van der Waals surface area contributed by atoms with Gasteiger partial charge in [-0.15, -0.1) is 0 Å². The number of ether oxygens (including phenoxy) is 1. The summed E-state index contributed by atoms with van der Waals surface area (Å²) in [6, 6.07) is 8.39. The van der Waals surface area contributed by atoms with E-state index in [9.17, 15) is 0 Å². The quantitative estimate of drug-likeness (QED) is 0.684. The van der Waals surface area contributed by atoms with Crippen LogP contribution in [0.15, 0.2) is 30.3 Å². The number of rotatable bonds is 4. The average molecular weight is 176 g/mol. The molecule has 0 saturated heterocycles. The van der Waals surface area contributed by atoms with Gasteiger partial charge >= 0.3 is 0 Å². The summed E-state index contributed by atoms with van der Waals surface area (Å²) in [5, 5.41) is 0. The van der Waals surface area contributed by atoms with Crippen LogP contribution in [0.4, 0.5) is 0 Å². The standard InChI is InChI=1S/C12H16O/c1-3-6-11-7-5-8-12(9-11)10-13-4-2/h3,5-9H,4,10H2,1-2H3/b6-3+. The Bertz CT molecular complexity index is 276. The van der Waals surface area contributed by atoms with Gasteiger partial charge in [-0.1, -0.05) is 30.4 Å². The molecule has 1 aromatic rings. The van der Waals surface area contributed by atoms with Crippen molar-refractivity contribution in [1.29, 1.82) is 0 Å². The number of hydrogen-bond acceptors (Lipinski definition) is 1. The van der Waals surface area contributed by atoms with E-state index in [1.807, 2.05) is 19.9 Å². The van der Waals surface area contributed by atoms with Gasteiger partial charge in [0.25, 0.3) is 0 Å². The maximum Gasteiger partial charge on any atom is 0.0716 e. The average Bonchev–Trinajstić information content (AvgIpc) is 2.16. The van der Waals surface area contributed by atoms with Gasteiger partial charge in [0, 0.05) is 6.61 Å². The molecule has 0 N–H and O–H groups in total. The Morgan fingerprint density at radius 3 is 2.92 bits per heavy atom. The van der Waals surface area contributed by atoms with Crippen LogP contribution in [0, 0.1) is 0 Å². The lowest BCUT2D eigenvalue weighted by atomic mass is 10.1. The van der Waals surface area contributed by atoms with E-state index >= 15 is 0 Å². The summed E-state index contributed by atoms with van der Waals surface area (Å²) in [6.07, 6.45) is 4.13. The lowest BCUT2D eigenvalue weighted by Crippen LogP contribution is -1.91. The van der Waals surface area contributed by atoms with Crippen LogP contribution in [0.25, 0.3) is 6.08 Å². The lowest BCUT2D eigenvalue weighted by molar-refractivity contribution is 0.134. The Morgan fingerprint density at radius 2 is 2.23 bits per heavy atom. The van der Waals surface area contributed by atoms with Crippen molar-refractivity contribution < 1.29 is 4.74 Å². The Hall–Kier alpha value is -1.08. The molecule has 13 heavy (non-hydrogen) atoms. The molecule has 0 amide bonds. The van der Waals surface area contributed by atoms with E-state index in [2.05, 4.69) is 30.3 Å². The van der Waals surface area contributed by atoms with Gasteiger partial charge in [-0.05, 0) is 31.0 Å². The van der Waals surface area contributed by atoms with Crippen LogP contribution in [-0.2, 0) is 11.3 Å². The molecule has 0 heterocycles. The molecule has 0 aliphatic heterocycles. The monoisotopic (exact) mass is 176 g/mol. The predicted octanol–water partition coefficient (Wildman–Crippen LogP) is 3.26. The molecular weight excluding hydrogens is 160 g/mol. The first-order chi connectivity index (χ1) is 6.36. The van der Waals surface area contributed by atoms with Gasteiger partial charge < -0.3 is 4.74 Å². The third-order valence-electron chi connectivity index (χ3n) is 1.78. The van der Waals surface area contributed by atoms with Gasteiger partial charge in [0.05, 0.1) is 6.61 Å². The zero-order valence-electron chi connectivity index (χ0n) is 8.29. The zero-order valence-corrected chi connectivity index (χ0v) is 8.29. The molecule has 1 rings (SSSR count). The number of hydrogen-bond donors (Lipinski definition) is 0. The Labute approximate surface area is 80.0 Å². The van der Waals surface area contributed by atoms with Gasteiger partial charge in [-0.2, -0.15) is 0 Å². The second-order valence-corrected chi connectivity index (χ2v) is 2.88. The van der Waals surface area contributed by atoms with E-state index in [1.54, 1.807) is 0 Å². The first-order valence-electron chi connectivity index (χ1n) is 4.66. The van der Waals surface area contributed by atoms with Gasteiger partial charge in [0.15, 0.2) is 0 Å². The van der Waals surface area contributed by atoms with Crippen LogP contribution in [-0.4, -0.2) is 6.61 Å². The minimum absolute atomic E-state index is 0.710. The summed E-state index contributed by atoms with van der Waals surface area (Å²) in [4.78, 5) is 0. The highest BCUT2D eigenvalue weighted by Gasteiger charge is 1.92. The van der Waals surface area contributed by atoms with E-state index in [0.29, 0.717) is 6.61 Å². The van der Waals surface area contributed by atoms with Crippen molar-refractivity contribution in [2.45, 2.75) is 20.5 Å². The van der Waals surface area contributed by atoms with Crippen molar-refractivity contribution in [3.8, 4) is 0 Å². The number of allylic oxidation sites excluding steroid dienone is 1.